The smallest absolute Gasteiger partial charge is 0.137 e. The molecule has 4 heterocycles. The zero-order valence-electron chi connectivity index (χ0n) is 38.0. The van der Waals surface area contributed by atoms with Crippen LogP contribution in [0.25, 0.3) is 11.1 Å². The molecule has 12 nitrogen and oxygen atoms in total. The van der Waals surface area contributed by atoms with Crippen LogP contribution in [0.3, 0.4) is 0 Å². The molecule has 348 valence electrons. The van der Waals surface area contributed by atoms with E-state index in [0.717, 1.165) is 103 Å². The van der Waals surface area contributed by atoms with Crippen LogP contribution in [-0.2, 0) is 39.5 Å². The molecular formula is C54H52Br2N6O6. The van der Waals surface area contributed by atoms with Crippen molar-refractivity contribution in [2.45, 2.75) is 84.7 Å². The molecule has 2 aliphatic heterocycles. The number of nitriles is 2. The van der Waals surface area contributed by atoms with Crippen LogP contribution < -0.4 is 18.9 Å². The number of likely N-dealkylation sites (tertiary alicyclic amines) is 2. The molecule has 0 bridgehead atoms. The summed E-state index contributed by atoms with van der Waals surface area (Å²) in [6.07, 6.45) is 12.1. The highest BCUT2D eigenvalue weighted by atomic mass is 79.9. The van der Waals surface area contributed by atoms with Crippen LogP contribution in [-0.4, -0.2) is 61.8 Å². The number of aliphatic hydroxyl groups is 2. The van der Waals surface area contributed by atoms with Gasteiger partial charge in [0.25, 0.3) is 0 Å². The van der Waals surface area contributed by atoms with E-state index in [1.807, 2.05) is 18.2 Å². The number of rotatable bonds is 20. The van der Waals surface area contributed by atoms with Crippen molar-refractivity contribution in [2.75, 3.05) is 19.7 Å². The summed E-state index contributed by atoms with van der Waals surface area (Å²) >= 11 is 7.57. The van der Waals surface area contributed by atoms with Gasteiger partial charge in [-0.25, -0.2) is 0 Å². The Labute approximate surface area is 414 Å². The van der Waals surface area contributed by atoms with Gasteiger partial charge in [0.05, 0.1) is 26.3 Å². The van der Waals surface area contributed by atoms with Crippen molar-refractivity contribution >= 4 is 31.9 Å². The van der Waals surface area contributed by atoms with Crippen LogP contribution in [0.5, 0.6) is 23.0 Å². The Morgan fingerprint density at radius 3 is 1.59 bits per heavy atom. The van der Waals surface area contributed by atoms with Gasteiger partial charge in [-0.2, -0.15) is 10.5 Å². The number of nitrogens with zero attached hydrogens (tertiary/aromatic N) is 6. The number of halogens is 2. The number of hydrogen-bond acceptors (Lipinski definition) is 12. The minimum atomic E-state index is 0.150. The molecule has 0 saturated carbocycles. The molecule has 0 radical (unpaired) electrons. The quantitative estimate of drug-likeness (QED) is 0.0699. The highest BCUT2D eigenvalue weighted by Crippen LogP contribution is 2.39. The van der Waals surface area contributed by atoms with Crippen molar-refractivity contribution < 1.29 is 29.2 Å². The van der Waals surface area contributed by atoms with Crippen LogP contribution in [0.4, 0.5) is 0 Å². The van der Waals surface area contributed by atoms with Gasteiger partial charge in [0, 0.05) is 104 Å². The van der Waals surface area contributed by atoms with Crippen molar-refractivity contribution in [3.63, 3.8) is 0 Å². The Kier molecular flexibility index (Phi) is 16.1. The lowest BCUT2D eigenvalue weighted by atomic mass is 9.92. The van der Waals surface area contributed by atoms with Gasteiger partial charge in [0.1, 0.15) is 61.6 Å². The van der Waals surface area contributed by atoms with Crippen LogP contribution in [0.2, 0.25) is 0 Å². The fraction of sp³-hybridized carbons (Fsp3) is 0.296. The van der Waals surface area contributed by atoms with E-state index in [4.69, 9.17) is 18.9 Å². The lowest BCUT2D eigenvalue weighted by molar-refractivity contribution is 0.0597. The number of pyridine rings is 2. The Morgan fingerprint density at radius 2 is 1.15 bits per heavy atom. The van der Waals surface area contributed by atoms with Gasteiger partial charge in [-0.05, 0) is 129 Å². The second kappa shape index (κ2) is 22.7. The molecule has 0 amide bonds. The van der Waals surface area contributed by atoms with Crippen molar-refractivity contribution in [3.8, 4) is 46.3 Å². The van der Waals surface area contributed by atoms with Gasteiger partial charge in [-0.1, -0.05) is 36.4 Å². The van der Waals surface area contributed by atoms with Gasteiger partial charge >= 0.3 is 0 Å². The fourth-order valence-corrected chi connectivity index (χ4v) is 9.64. The lowest BCUT2D eigenvalue weighted by Crippen LogP contribution is -2.47. The summed E-state index contributed by atoms with van der Waals surface area (Å²) in [4.78, 5) is 13.0. The largest absolute Gasteiger partial charge is 0.516 e. The maximum Gasteiger partial charge on any atom is 0.137 e. The van der Waals surface area contributed by atoms with Crippen LogP contribution in [0.1, 0.15) is 74.9 Å². The number of benzene rings is 4. The van der Waals surface area contributed by atoms with E-state index >= 15 is 0 Å². The molecule has 2 aromatic heterocycles. The second-order valence-corrected chi connectivity index (χ2v) is 18.8. The standard InChI is InChI=1S/C54H52Br2N6O6/c1-35-41(33-67-53-21-51(65-31-39-17-37(23-57)25-59-27-39)43(19-49(53)55)29-61-13-9-45(61)11-15-63)5-3-7-47(35)48-8-4-6-42(36(48)2)34-68-54-22-52(66-32-40-18-38(24-58)26-60-28-40)44(20-50(54)56)30-62-14-10-46(62)12-16-64/h3-8,11,15,17-22,25-28,45-46,63-64H,9-10,12-14,16,29-34H2,1-2H3/b15-11+/t45-,46-/m0/s1. The first-order valence-corrected chi connectivity index (χ1v) is 24.1. The van der Waals surface area contributed by atoms with Crippen LogP contribution in [0, 0.1) is 36.5 Å². The van der Waals surface area contributed by atoms with Crippen LogP contribution in [0.15, 0.2) is 119 Å². The molecule has 4 aromatic carbocycles. The molecule has 2 N–H and O–H groups in total. The Bertz CT molecular complexity index is 2880. The topological polar surface area (TPSA) is 157 Å². The van der Waals surface area contributed by atoms with Crippen molar-refractivity contribution in [1.82, 2.24) is 19.8 Å². The first kappa shape index (κ1) is 48.2. The highest BCUT2D eigenvalue weighted by Gasteiger charge is 2.29. The number of ether oxygens (including phenoxy) is 4. The number of aliphatic hydroxyl groups excluding tert-OH is 2. The molecule has 2 fully saturated rings. The monoisotopic (exact) mass is 1040 g/mol. The van der Waals surface area contributed by atoms with E-state index in [1.165, 1.54) is 12.4 Å². The molecule has 0 aliphatic carbocycles. The summed E-state index contributed by atoms with van der Waals surface area (Å²) in [6, 6.07) is 28.8. The molecule has 68 heavy (non-hydrogen) atoms. The maximum atomic E-state index is 9.60. The van der Waals surface area contributed by atoms with E-state index in [2.05, 4.69) is 120 Å². The Morgan fingerprint density at radius 1 is 0.647 bits per heavy atom. The van der Waals surface area contributed by atoms with Crippen molar-refractivity contribution in [1.29, 1.82) is 10.5 Å². The molecule has 6 aromatic rings. The normalized spacial score (nSPS) is 15.8. The minimum absolute atomic E-state index is 0.150. The molecule has 2 saturated heterocycles. The van der Waals surface area contributed by atoms with Gasteiger partial charge in [0.2, 0.25) is 0 Å². The summed E-state index contributed by atoms with van der Waals surface area (Å²) in [5.74, 6) is 2.62. The summed E-state index contributed by atoms with van der Waals surface area (Å²) < 4.78 is 27.6. The van der Waals surface area contributed by atoms with Crippen LogP contribution >= 0.6 is 31.9 Å². The zero-order valence-corrected chi connectivity index (χ0v) is 41.2. The molecule has 0 spiro atoms. The minimum Gasteiger partial charge on any atom is -0.516 e. The van der Waals surface area contributed by atoms with E-state index in [1.54, 1.807) is 30.6 Å². The van der Waals surface area contributed by atoms with E-state index in [0.29, 0.717) is 66.5 Å². The highest BCUT2D eigenvalue weighted by molar-refractivity contribution is 9.11. The number of hydrogen-bond donors (Lipinski definition) is 2. The average molecular weight is 1040 g/mol. The average Bonchev–Trinajstić information content (AvgIpc) is 3.34. The van der Waals surface area contributed by atoms with E-state index < -0.39 is 0 Å². The first-order chi connectivity index (χ1) is 33.1. The number of aromatic nitrogens is 2. The zero-order chi connectivity index (χ0) is 47.6. The predicted molar refractivity (Wildman–Crippen MR) is 266 cm³/mol. The van der Waals surface area contributed by atoms with Gasteiger partial charge in [-0.15, -0.1) is 0 Å². The molecule has 8 rings (SSSR count). The predicted octanol–water partition coefficient (Wildman–Crippen LogP) is 10.9. The van der Waals surface area contributed by atoms with Crippen molar-refractivity contribution in [3.05, 3.63) is 175 Å². The molecule has 0 unspecified atom stereocenters. The maximum absolute atomic E-state index is 9.60. The van der Waals surface area contributed by atoms with Gasteiger partial charge in [0.15, 0.2) is 0 Å². The third kappa shape index (κ3) is 11.5. The van der Waals surface area contributed by atoms with E-state index in [9.17, 15) is 20.7 Å². The SMILES string of the molecule is Cc1c(COc2cc(OCc3cncc(C#N)c3)c(CN3CC[C@H]3CCO)cc2Br)cccc1-c1cccc(COc2cc(OCc3cncc(C#N)c3)c(CN3CC[C@H]3/C=C/O)cc2Br)c1C. The third-order valence-electron chi connectivity index (χ3n) is 12.8. The Balaban J connectivity index is 0.988. The van der Waals surface area contributed by atoms with Gasteiger partial charge < -0.3 is 29.2 Å². The lowest BCUT2D eigenvalue weighted by Gasteiger charge is -2.41. The summed E-state index contributed by atoms with van der Waals surface area (Å²) in [5.41, 5.74) is 11.0. The second-order valence-electron chi connectivity index (χ2n) is 17.1. The summed E-state index contributed by atoms with van der Waals surface area (Å²) in [5, 5.41) is 37.9. The molecular weight excluding hydrogens is 988 g/mol. The third-order valence-corrected chi connectivity index (χ3v) is 14.0. The summed E-state index contributed by atoms with van der Waals surface area (Å²) in [6.45, 7) is 8.64. The summed E-state index contributed by atoms with van der Waals surface area (Å²) in [7, 11) is 0. The van der Waals surface area contributed by atoms with E-state index in [-0.39, 0.29) is 25.9 Å². The van der Waals surface area contributed by atoms with Crippen molar-refractivity contribution in [2.24, 2.45) is 0 Å². The molecule has 14 heteroatoms. The molecule has 2 aliphatic rings. The fourth-order valence-electron chi connectivity index (χ4n) is 8.63. The Hall–Kier alpha value is -6.26. The van der Waals surface area contributed by atoms with Gasteiger partial charge in [-0.3, -0.25) is 19.8 Å². The first-order valence-electron chi connectivity index (χ1n) is 22.6. The molecule has 2 atom stereocenters.